The average Bonchev–Trinajstić information content (AvgIpc) is 3.50. The molecule has 0 unspecified atom stereocenters. The highest BCUT2D eigenvalue weighted by Crippen LogP contribution is 2.53. The summed E-state index contributed by atoms with van der Waals surface area (Å²) in [5.74, 6) is -4.36. The molecule has 0 spiro atoms. The van der Waals surface area contributed by atoms with E-state index in [4.69, 9.17) is 43.6 Å². The molecular weight excluding hydrogens is 688 g/mol. The Kier molecular flexibility index (Phi) is 9.83. The number of methoxy groups -OCH3 is 2. The van der Waals surface area contributed by atoms with Crippen molar-refractivity contribution in [2.75, 3.05) is 47.4 Å². The molecule has 3 fully saturated rings. The van der Waals surface area contributed by atoms with E-state index in [1.807, 2.05) is 6.92 Å². The molecule has 5 N–H and O–H groups in total. The number of aromatic hydroxyl groups is 2. The lowest BCUT2D eigenvalue weighted by Gasteiger charge is -2.43. The number of amides is 1. The molecule has 8 atom stereocenters. The van der Waals surface area contributed by atoms with Crippen LogP contribution in [-0.4, -0.2) is 134 Å². The zero-order chi connectivity index (χ0) is 37.1. The third-order valence-corrected chi connectivity index (χ3v) is 10.3. The Morgan fingerprint density at radius 1 is 1.04 bits per heavy atom. The molecule has 280 valence electrons. The topological polar surface area (TPSA) is 232 Å². The average molecular weight is 729 g/mol. The van der Waals surface area contributed by atoms with Gasteiger partial charge in [-0.2, -0.15) is 0 Å². The van der Waals surface area contributed by atoms with Gasteiger partial charge in [-0.25, -0.2) is 0 Å². The zero-order valence-corrected chi connectivity index (χ0v) is 28.7. The Morgan fingerprint density at radius 3 is 2.52 bits per heavy atom. The van der Waals surface area contributed by atoms with E-state index in [9.17, 15) is 34.5 Å². The van der Waals surface area contributed by atoms with Gasteiger partial charge in [0.25, 0.3) is 0 Å². The van der Waals surface area contributed by atoms with E-state index in [1.165, 1.54) is 32.4 Å². The van der Waals surface area contributed by atoms with Gasteiger partial charge in [0, 0.05) is 55.6 Å². The number of phenols is 2. The molecule has 0 bridgehead atoms. The number of ether oxygens (including phenoxy) is 8. The van der Waals surface area contributed by atoms with E-state index in [1.54, 1.807) is 0 Å². The van der Waals surface area contributed by atoms with Crippen LogP contribution >= 0.6 is 0 Å². The molecule has 1 amide bonds. The molecule has 52 heavy (non-hydrogen) atoms. The van der Waals surface area contributed by atoms with Gasteiger partial charge in [0.2, 0.25) is 11.7 Å². The van der Waals surface area contributed by atoms with Crippen molar-refractivity contribution in [1.29, 1.82) is 0 Å². The first-order valence-electron chi connectivity index (χ1n) is 16.8. The van der Waals surface area contributed by atoms with Crippen LogP contribution in [-0.2, 0) is 49.2 Å². The van der Waals surface area contributed by atoms with Crippen LogP contribution in [0.25, 0.3) is 0 Å². The minimum absolute atomic E-state index is 0.0548. The minimum Gasteiger partial charge on any atom is -0.507 e. The van der Waals surface area contributed by atoms with Gasteiger partial charge in [-0.15, -0.1) is 0 Å². The second kappa shape index (κ2) is 14.1. The molecule has 2 aromatic carbocycles. The third kappa shape index (κ3) is 6.05. The van der Waals surface area contributed by atoms with Crippen molar-refractivity contribution in [2.24, 2.45) is 5.73 Å². The fourth-order valence-electron chi connectivity index (χ4n) is 8.01. The van der Waals surface area contributed by atoms with Crippen molar-refractivity contribution in [3.05, 3.63) is 51.6 Å². The van der Waals surface area contributed by atoms with Crippen LogP contribution in [0.2, 0.25) is 0 Å². The maximum Gasteiger partial charge on any atom is 0.243 e. The number of phenolic OH excluding ortho intramolecular Hbond substituents is 2. The Balaban J connectivity index is 1.25. The summed E-state index contributed by atoms with van der Waals surface area (Å²) in [5, 5.41) is 35.6. The van der Waals surface area contributed by atoms with Gasteiger partial charge >= 0.3 is 0 Å². The predicted molar refractivity (Wildman–Crippen MR) is 173 cm³/mol. The summed E-state index contributed by atoms with van der Waals surface area (Å²) in [4.78, 5) is 54.6. The number of fused-ring (bicyclic) bond motifs is 6. The Bertz CT molecular complexity index is 1800. The number of carbonyl (C=O) groups excluding carboxylic acids is 4. The highest BCUT2D eigenvalue weighted by molar-refractivity contribution is 6.31. The highest BCUT2D eigenvalue weighted by Gasteiger charge is 2.55. The summed E-state index contributed by atoms with van der Waals surface area (Å²) in [6, 6.07) is 4.21. The molecule has 2 aliphatic carbocycles. The normalized spacial score (nSPS) is 30.9. The number of nitrogens with two attached hydrogens (primary N) is 1. The lowest BCUT2D eigenvalue weighted by atomic mass is 9.72. The van der Waals surface area contributed by atoms with Gasteiger partial charge in [0.15, 0.2) is 30.4 Å². The van der Waals surface area contributed by atoms with Gasteiger partial charge in [-0.1, -0.05) is 12.1 Å². The fraction of sp³-hybridized carbons (Fsp3) is 0.543. The van der Waals surface area contributed by atoms with Crippen LogP contribution < -0.4 is 10.5 Å². The second-order valence-corrected chi connectivity index (χ2v) is 13.4. The Morgan fingerprint density at radius 2 is 1.79 bits per heavy atom. The number of hydrogen-bond acceptors (Lipinski definition) is 16. The van der Waals surface area contributed by atoms with Crippen molar-refractivity contribution in [3.8, 4) is 17.2 Å². The molecule has 3 aliphatic heterocycles. The van der Waals surface area contributed by atoms with Crippen molar-refractivity contribution < 1.29 is 72.4 Å². The maximum atomic E-state index is 14.0. The quantitative estimate of drug-likeness (QED) is 0.117. The van der Waals surface area contributed by atoms with Crippen LogP contribution in [0.5, 0.6) is 17.2 Å². The number of rotatable bonds is 11. The summed E-state index contributed by atoms with van der Waals surface area (Å²) in [6.07, 6.45) is -5.05. The summed E-state index contributed by atoms with van der Waals surface area (Å²) in [7, 11) is 2.86. The second-order valence-electron chi connectivity index (χ2n) is 13.4. The van der Waals surface area contributed by atoms with E-state index in [0.717, 1.165) is 0 Å². The van der Waals surface area contributed by atoms with Crippen molar-refractivity contribution >= 4 is 23.3 Å². The summed E-state index contributed by atoms with van der Waals surface area (Å²) >= 11 is 0. The van der Waals surface area contributed by atoms with Gasteiger partial charge in [-0.05, 0) is 13.0 Å². The molecule has 0 radical (unpaired) electrons. The lowest BCUT2D eigenvalue weighted by molar-refractivity contribution is -0.256. The molecule has 7 rings (SSSR count). The lowest BCUT2D eigenvalue weighted by Crippen LogP contribution is -2.55. The summed E-state index contributed by atoms with van der Waals surface area (Å²) in [6.45, 7) is 1.17. The van der Waals surface area contributed by atoms with Crippen LogP contribution in [0.3, 0.4) is 0 Å². The molecule has 0 aromatic heterocycles. The van der Waals surface area contributed by atoms with Crippen molar-refractivity contribution in [2.45, 2.75) is 74.9 Å². The number of benzene rings is 2. The van der Waals surface area contributed by atoms with Gasteiger partial charge < -0.3 is 58.9 Å². The van der Waals surface area contributed by atoms with E-state index < -0.39 is 115 Å². The SMILES string of the molecule is COc1cccc2c1C(=O)c1c(O)c3c(c(O)c1C2=O)C[C@@](O)(C(=O)COCOCC(N)=O)C[C@@H]3O[C@H]1C[C@H]2[C@H](O[C@@H]3[C@@H](OC)OCCN32)[C@H](C)O1. The van der Waals surface area contributed by atoms with Gasteiger partial charge in [0.05, 0.1) is 42.6 Å². The van der Waals surface area contributed by atoms with Crippen LogP contribution in [0.4, 0.5) is 0 Å². The number of hydrogen-bond donors (Lipinski definition) is 4. The summed E-state index contributed by atoms with van der Waals surface area (Å²) in [5.41, 5.74) is 1.48. The molecule has 2 aromatic rings. The molecule has 3 heterocycles. The van der Waals surface area contributed by atoms with Crippen molar-refractivity contribution in [3.63, 3.8) is 0 Å². The molecule has 0 saturated carbocycles. The first kappa shape index (κ1) is 36.3. The van der Waals surface area contributed by atoms with E-state index >= 15 is 0 Å². The molecular formula is C35H40N2O15. The van der Waals surface area contributed by atoms with E-state index in [0.29, 0.717) is 13.2 Å². The number of primary amides is 1. The van der Waals surface area contributed by atoms with Crippen LogP contribution in [0, 0.1) is 0 Å². The Hall–Kier alpha value is -4.04. The maximum absolute atomic E-state index is 14.0. The van der Waals surface area contributed by atoms with E-state index in [-0.39, 0.29) is 46.6 Å². The minimum atomic E-state index is -2.26. The first-order chi connectivity index (χ1) is 24.9. The smallest absolute Gasteiger partial charge is 0.243 e. The molecule has 5 aliphatic rings. The van der Waals surface area contributed by atoms with Crippen LogP contribution in [0.15, 0.2) is 18.2 Å². The zero-order valence-electron chi connectivity index (χ0n) is 28.7. The monoisotopic (exact) mass is 728 g/mol. The Labute approximate surface area is 297 Å². The standard InChI is InChI=1S/C35H40N2O15/c1-15-32-18(37-7-8-49-34(46-3)33(37)52-32)9-23(50-15)51-20-11-35(44,21(38)12-47-14-48-13-22(36)39)10-17-25(20)31(43)27-26(29(17)41)28(40)16-5-4-6-19(45-2)24(16)30(27)42/h4-6,15,18,20,23,32-34,41,43-44H,7-14H2,1-3H3,(H2,36,39)/t15-,18-,20-,23-,32+,33+,34-,35-/m0/s1. The highest BCUT2D eigenvalue weighted by atomic mass is 16.7. The summed E-state index contributed by atoms with van der Waals surface area (Å²) < 4.78 is 45.8. The third-order valence-electron chi connectivity index (χ3n) is 10.3. The molecule has 3 saturated heterocycles. The number of nitrogens with zero attached hydrogens (tertiary/aromatic N) is 1. The fourth-order valence-corrected chi connectivity index (χ4v) is 8.01. The van der Waals surface area contributed by atoms with Gasteiger partial charge in [-0.3, -0.25) is 24.1 Å². The predicted octanol–water partition coefficient (Wildman–Crippen LogP) is 0.195. The van der Waals surface area contributed by atoms with Gasteiger partial charge in [0.1, 0.15) is 49.0 Å². The number of Topliss-reactive ketones (excluding diaryl/α,β-unsaturated/α-hetero) is 1. The number of morpholine rings is 1. The molecule has 17 heteroatoms. The number of carbonyl (C=O) groups is 4. The number of aliphatic hydroxyl groups is 1. The van der Waals surface area contributed by atoms with E-state index in [2.05, 4.69) is 4.90 Å². The van der Waals surface area contributed by atoms with Crippen LogP contribution in [0.1, 0.15) is 68.8 Å². The largest absolute Gasteiger partial charge is 0.507 e. The first-order valence-corrected chi connectivity index (χ1v) is 16.8. The van der Waals surface area contributed by atoms with Crippen molar-refractivity contribution in [1.82, 2.24) is 4.90 Å². The number of ketones is 3. The molecule has 17 nitrogen and oxygen atoms in total.